The summed E-state index contributed by atoms with van der Waals surface area (Å²) >= 11 is 0. The van der Waals surface area contributed by atoms with Crippen LogP contribution < -0.4 is 4.74 Å². The molecule has 1 aromatic carbocycles. The Morgan fingerprint density at radius 2 is 2.06 bits per heavy atom. The summed E-state index contributed by atoms with van der Waals surface area (Å²) in [6, 6.07) is 5.76. The number of hydrogen-bond acceptors (Lipinski definition) is 3. The molecule has 0 aromatic heterocycles. The van der Waals surface area contributed by atoms with E-state index >= 15 is 0 Å². The molecule has 0 radical (unpaired) electrons. The summed E-state index contributed by atoms with van der Waals surface area (Å²) in [7, 11) is 1.52. The van der Waals surface area contributed by atoms with Crippen molar-refractivity contribution in [2.45, 2.75) is 26.7 Å². The molecule has 17 heavy (non-hydrogen) atoms. The van der Waals surface area contributed by atoms with Crippen molar-refractivity contribution in [3.05, 3.63) is 29.3 Å². The fourth-order valence-corrected chi connectivity index (χ4v) is 1.61. The molecule has 0 aliphatic carbocycles. The van der Waals surface area contributed by atoms with Crippen LogP contribution in [0.4, 0.5) is 0 Å². The molecular weight excluding hydrogens is 216 g/mol. The van der Waals surface area contributed by atoms with Gasteiger partial charge in [0.2, 0.25) is 0 Å². The van der Waals surface area contributed by atoms with Crippen LogP contribution in [0.25, 0.3) is 0 Å². The molecule has 0 N–H and O–H groups in total. The van der Waals surface area contributed by atoms with Gasteiger partial charge < -0.3 is 9.47 Å². The maximum Gasteiger partial charge on any atom is 0.192 e. The largest absolute Gasteiger partial charge is 0.493 e. The van der Waals surface area contributed by atoms with Gasteiger partial charge in [0.1, 0.15) is 12.4 Å². The SMILES string of the molecule is CCOc1ccc(C(C)C)cc1C(=O)COC. The van der Waals surface area contributed by atoms with E-state index in [1.54, 1.807) is 0 Å². The summed E-state index contributed by atoms with van der Waals surface area (Å²) in [5, 5.41) is 0. The Balaban J connectivity index is 3.10. The Bertz CT molecular complexity index is 383. The van der Waals surface area contributed by atoms with Crippen molar-refractivity contribution >= 4 is 5.78 Å². The second-order valence-electron chi connectivity index (χ2n) is 4.20. The zero-order valence-corrected chi connectivity index (χ0v) is 10.9. The summed E-state index contributed by atoms with van der Waals surface area (Å²) in [5.74, 6) is 0.983. The molecule has 1 rings (SSSR count). The van der Waals surface area contributed by atoms with Crippen LogP contribution in [0, 0.1) is 0 Å². The fourth-order valence-electron chi connectivity index (χ4n) is 1.61. The first-order valence-electron chi connectivity index (χ1n) is 5.89. The number of methoxy groups -OCH3 is 1. The predicted octanol–water partition coefficient (Wildman–Crippen LogP) is 3.04. The van der Waals surface area contributed by atoms with E-state index in [-0.39, 0.29) is 12.4 Å². The van der Waals surface area contributed by atoms with Crippen LogP contribution in [0.5, 0.6) is 5.75 Å². The minimum Gasteiger partial charge on any atom is -0.493 e. The third-order valence-corrected chi connectivity index (χ3v) is 2.55. The highest BCUT2D eigenvalue weighted by Crippen LogP contribution is 2.25. The van der Waals surface area contributed by atoms with Crippen molar-refractivity contribution < 1.29 is 14.3 Å². The van der Waals surface area contributed by atoms with E-state index in [0.29, 0.717) is 23.8 Å². The summed E-state index contributed by atoms with van der Waals surface area (Å²) in [6.45, 7) is 6.73. The Labute approximate surface area is 103 Å². The van der Waals surface area contributed by atoms with Gasteiger partial charge in [-0.05, 0) is 30.5 Å². The minimum atomic E-state index is -0.0431. The molecule has 0 atom stereocenters. The third-order valence-electron chi connectivity index (χ3n) is 2.55. The second-order valence-corrected chi connectivity index (χ2v) is 4.20. The van der Waals surface area contributed by atoms with Crippen LogP contribution in [0.3, 0.4) is 0 Å². The summed E-state index contributed by atoms with van der Waals surface area (Å²) in [6.07, 6.45) is 0. The van der Waals surface area contributed by atoms with Gasteiger partial charge in [-0.2, -0.15) is 0 Å². The molecule has 3 heteroatoms. The molecule has 0 fully saturated rings. The second kappa shape index (κ2) is 6.40. The van der Waals surface area contributed by atoms with Gasteiger partial charge in [-0.1, -0.05) is 19.9 Å². The predicted molar refractivity (Wildman–Crippen MR) is 67.9 cm³/mol. The van der Waals surface area contributed by atoms with Gasteiger partial charge in [0.15, 0.2) is 5.78 Å². The number of carbonyl (C=O) groups excluding carboxylic acids is 1. The van der Waals surface area contributed by atoms with Crippen molar-refractivity contribution in [2.24, 2.45) is 0 Å². The number of benzene rings is 1. The van der Waals surface area contributed by atoms with Crippen molar-refractivity contribution in [3.8, 4) is 5.75 Å². The van der Waals surface area contributed by atoms with Gasteiger partial charge in [0.25, 0.3) is 0 Å². The van der Waals surface area contributed by atoms with E-state index in [1.165, 1.54) is 7.11 Å². The van der Waals surface area contributed by atoms with Gasteiger partial charge in [-0.15, -0.1) is 0 Å². The number of rotatable bonds is 6. The maximum atomic E-state index is 11.9. The molecule has 3 nitrogen and oxygen atoms in total. The van der Waals surface area contributed by atoms with Crippen LogP contribution in [-0.4, -0.2) is 26.1 Å². The molecule has 1 aromatic rings. The molecule has 0 aliphatic rings. The molecule has 0 saturated carbocycles. The zero-order valence-electron chi connectivity index (χ0n) is 10.9. The monoisotopic (exact) mass is 236 g/mol. The average Bonchev–Trinajstić information content (AvgIpc) is 2.30. The molecule has 0 amide bonds. The molecule has 0 unspecified atom stereocenters. The first-order chi connectivity index (χ1) is 8.10. The van der Waals surface area contributed by atoms with Crippen molar-refractivity contribution in [1.82, 2.24) is 0 Å². The fraction of sp³-hybridized carbons (Fsp3) is 0.500. The third kappa shape index (κ3) is 3.56. The standard InChI is InChI=1S/C14H20O3/c1-5-17-14-7-6-11(10(2)3)8-12(14)13(15)9-16-4/h6-8,10H,5,9H2,1-4H3. The molecule has 0 aliphatic heterocycles. The number of hydrogen-bond donors (Lipinski definition) is 0. The van der Waals surface area contributed by atoms with E-state index in [4.69, 9.17) is 9.47 Å². The van der Waals surface area contributed by atoms with Gasteiger partial charge in [0, 0.05) is 7.11 Å². The lowest BCUT2D eigenvalue weighted by Gasteiger charge is -2.12. The first kappa shape index (κ1) is 13.7. The highest BCUT2D eigenvalue weighted by Gasteiger charge is 2.14. The van der Waals surface area contributed by atoms with Crippen LogP contribution in [0.15, 0.2) is 18.2 Å². The number of carbonyl (C=O) groups is 1. The lowest BCUT2D eigenvalue weighted by molar-refractivity contribution is 0.0844. The lowest BCUT2D eigenvalue weighted by atomic mass is 9.98. The number of Topliss-reactive ketones (excluding diaryl/α,β-unsaturated/α-hetero) is 1. The van der Waals surface area contributed by atoms with E-state index in [1.807, 2.05) is 25.1 Å². The molecule has 94 valence electrons. The normalized spacial score (nSPS) is 10.6. The van der Waals surface area contributed by atoms with Crippen LogP contribution in [0.1, 0.15) is 42.6 Å². The lowest BCUT2D eigenvalue weighted by Crippen LogP contribution is -2.10. The maximum absolute atomic E-state index is 11.9. The van der Waals surface area contributed by atoms with Crippen LogP contribution in [-0.2, 0) is 4.74 Å². The summed E-state index contributed by atoms with van der Waals surface area (Å²) < 4.78 is 10.3. The molecule has 0 bridgehead atoms. The Kier molecular flexibility index (Phi) is 5.16. The smallest absolute Gasteiger partial charge is 0.192 e. The summed E-state index contributed by atoms with van der Waals surface area (Å²) in [5.41, 5.74) is 1.74. The molecule has 0 heterocycles. The first-order valence-corrected chi connectivity index (χ1v) is 5.89. The van der Waals surface area contributed by atoms with Gasteiger partial charge >= 0.3 is 0 Å². The van der Waals surface area contributed by atoms with Crippen LogP contribution >= 0.6 is 0 Å². The van der Waals surface area contributed by atoms with E-state index < -0.39 is 0 Å². The van der Waals surface area contributed by atoms with Crippen molar-refractivity contribution in [3.63, 3.8) is 0 Å². The average molecular weight is 236 g/mol. The minimum absolute atomic E-state index is 0.0431. The van der Waals surface area contributed by atoms with E-state index in [2.05, 4.69) is 13.8 Å². The quantitative estimate of drug-likeness (QED) is 0.712. The van der Waals surface area contributed by atoms with Crippen molar-refractivity contribution in [1.29, 1.82) is 0 Å². The summed E-state index contributed by atoms with van der Waals surface area (Å²) in [4.78, 5) is 11.9. The Morgan fingerprint density at radius 1 is 1.35 bits per heavy atom. The topological polar surface area (TPSA) is 35.5 Å². The van der Waals surface area contributed by atoms with Crippen molar-refractivity contribution in [2.75, 3.05) is 20.3 Å². The number of ketones is 1. The molecular formula is C14H20O3. The van der Waals surface area contributed by atoms with E-state index in [0.717, 1.165) is 5.56 Å². The van der Waals surface area contributed by atoms with Gasteiger partial charge in [-0.25, -0.2) is 0 Å². The molecule has 0 saturated heterocycles. The highest BCUT2D eigenvalue weighted by molar-refractivity contribution is 5.99. The zero-order chi connectivity index (χ0) is 12.8. The Morgan fingerprint density at radius 3 is 2.59 bits per heavy atom. The van der Waals surface area contributed by atoms with Crippen LogP contribution in [0.2, 0.25) is 0 Å². The van der Waals surface area contributed by atoms with Gasteiger partial charge in [0.05, 0.1) is 12.2 Å². The molecule has 0 spiro atoms. The number of ether oxygens (including phenoxy) is 2. The highest BCUT2D eigenvalue weighted by atomic mass is 16.5. The Hall–Kier alpha value is -1.35. The van der Waals surface area contributed by atoms with E-state index in [9.17, 15) is 4.79 Å². The van der Waals surface area contributed by atoms with Gasteiger partial charge in [-0.3, -0.25) is 4.79 Å².